The van der Waals surface area contributed by atoms with Gasteiger partial charge in [-0.2, -0.15) is 0 Å². The summed E-state index contributed by atoms with van der Waals surface area (Å²) in [5.41, 5.74) is 3.90. The molecule has 2 aromatic rings. The van der Waals surface area contributed by atoms with Crippen molar-refractivity contribution in [3.63, 3.8) is 0 Å². The molecule has 152 valence electrons. The fourth-order valence-electron chi connectivity index (χ4n) is 4.66. The van der Waals surface area contributed by atoms with Crippen LogP contribution in [0.4, 0.5) is 0 Å². The first-order valence-corrected chi connectivity index (χ1v) is 11.7. The summed E-state index contributed by atoms with van der Waals surface area (Å²) >= 11 is 0. The topological polar surface area (TPSA) is 25.8 Å². The summed E-state index contributed by atoms with van der Waals surface area (Å²) < 4.78 is 0. The summed E-state index contributed by atoms with van der Waals surface area (Å²) in [7, 11) is 0. The van der Waals surface area contributed by atoms with Gasteiger partial charge in [0, 0.05) is 18.0 Å². The Hall–Kier alpha value is -1.70. The minimum atomic E-state index is 0.748. The molecule has 3 rings (SSSR count). The van der Waals surface area contributed by atoms with Crippen LogP contribution < -0.4 is 0 Å². The van der Waals surface area contributed by atoms with Crippen LogP contribution in [-0.2, 0) is 6.42 Å². The largest absolute Gasteiger partial charge is 0.236 e. The second-order valence-electron chi connectivity index (χ2n) is 8.71. The van der Waals surface area contributed by atoms with E-state index in [0.717, 1.165) is 29.6 Å². The van der Waals surface area contributed by atoms with Crippen LogP contribution >= 0.6 is 0 Å². The van der Waals surface area contributed by atoms with E-state index in [0.29, 0.717) is 0 Å². The molecule has 0 aliphatic heterocycles. The monoisotopic (exact) mass is 378 g/mol. The molecular formula is C26H38N2. The third-order valence-electron chi connectivity index (χ3n) is 6.46. The van der Waals surface area contributed by atoms with E-state index in [2.05, 4.69) is 48.1 Å². The summed E-state index contributed by atoms with van der Waals surface area (Å²) in [6, 6.07) is 9.05. The maximum absolute atomic E-state index is 4.63. The zero-order valence-corrected chi connectivity index (χ0v) is 18.0. The molecule has 0 radical (unpaired) electrons. The van der Waals surface area contributed by atoms with Crippen molar-refractivity contribution >= 4 is 0 Å². The number of aromatic nitrogens is 2. The average Bonchev–Trinajstić information content (AvgIpc) is 2.75. The molecule has 0 unspecified atom stereocenters. The fourth-order valence-corrected chi connectivity index (χ4v) is 4.66. The van der Waals surface area contributed by atoms with Crippen LogP contribution in [0.5, 0.6) is 0 Å². The molecule has 1 saturated carbocycles. The van der Waals surface area contributed by atoms with E-state index in [9.17, 15) is 0 Å². The zero-order chi connectivity index (χ0) is 19.6. The van der Waals surface area contributed by atoms with Crippen LogP contribution in [-0.4, -0.2) is 9.97 Å². The van der Waals surface area contributed by atoms with Gasteiger partial charge in [0.2, 0.25) is 0 Å². The van der Waals surface area contributed by atoms with Crippen molar-refractivity contribution in [1.82, 2.24) is 9.97 Å². The maximum atomic E-state index is 4.63. The van der Waals surface area contributed by atoms with E-state index >= 15 is 0 Å². The van der Waals surface area contributed by atoms with Crippen molar-refractivity contribution in [2.75, 3.05) is 0 Å². The number of unbranched alkanes of at least 4 members (excludes halogenated alkanes) is 4. The zero-order valence-electron chi connectivity index (χ0n) is 18.0. The third kappa shape index (κ3) is 6.15. The quantitative estimate of drug-likeness (QED) is 0.395. The van der Waals surface area contributed by atoms with Crippen molar-refractivity contribution in [2.45, 2.75) is 96.8 Å². The highest BCUT2D eigenvalue weighted by atomic mass is 14.9. The molecule has 2 nitrogen and oxygen atoms in total. The van der Waals surface area contributed by atoms with Gasteiger partial charge in [-0.1, -0.05) is 76.6 Å². The summed E-state index contributed by atoms with van der Waals surface area (Å²) in [5.74, 6) is 2.57. The Bertz CT molecular complexity index is 667. The van der Waals surface area contributed by atoms with Crippen molar-refractivity contribution in [3.8, 4) is 11.4 Å². The average molecular weight is 379 g/mol. The number of hydrogen-bond donors (Lipinski definition) is 0. The first kappa shape index (κ1) is 21.0. The van der Waals surface area contributed by atoms with Gasteiger partial charge in [-0.05, 0) is 61.5 Å². The highest BCUT2D eigenvalue weighted by molar-refractivity contribution is 5.55. The van der Waals surface area contributed by atoms with E-state index in [1.807, 2.05) is 12.4 Å². The van der Waals surface area contributed by atoms with Crippen LogP contribution in [0.3, 0.4) is 0 Å². The Morgan fingerprint density at radius 3 is 2.11 bits per heavy atom. The Labute approximate surface area is 172 Å². The number of benzene rings is 1. The Balaban J connectivity index is 1.51. The molecule has 0 spiro atoms. The van der Waals surface area contributed by atoms with Crippen molar-refractivity contribution in [2.24, 2.45) is 5.92 Å². The van der Waals surface area contributed by atoms with Crippen molar-refractivity contribution in [1.29, 1.82) is 0 Å². The third-order valence-corrected chi connectivity index (χ3v) is 6.46. The number of hydrogen-bond acceptors (Lipinski definition) is 2. The molecule has 28 heavy (non-hydrogen) atoms. The van der Waals surface area contributed by atoms with E-state index < -0.39 is 0 Å². The molecule has 1 aliphatic carbocycles. The molecule has 2 heteroatoms. The van der Waals surface area contributed by atoms with E-state index in [-0.39, 0.29) is 0 Å². The van der Waals surface area contributed by atoms with Crippen molar-refractivity contribution in [3.05, 3.63) is 47.8 Å². The number of rotatable bonds is 10. The first-order valence-electron chi connectivity index (χ1n) is 11.7. The minimum Gasteiger partial charge on any atom is -0.236 e. The first-order chi connectivity index (χ1) is 13.8. The number of nitrogens with zero attached hydrogens (tertiary/aromatic N) is 2. The van der Waals surface area contributed by atoms with Gasteiger partial charge >= 0.3 is 0 Å². The van der Waals surface area contributed by atoms with E-state index in [1.165, 1.54) is 81.8 Å². The Kier molecular flexibility index (Phi) is 8.51. The van der Waals surface area contributed by atoms with Crippen LogP contribution in [0.15, 0.2) is 36.7 Å². The molecule has 1 fully saturated rings. The van der Waals surface area contributed by atoms with Gasteiger partial charge in [-0.25, -0.2) is 9.97 Å². The standard InChI is InChI=1S/C26H38N2/c1-3-5-6-7-8-10-22-19-27-26(28-20-22)25-17-15-24(16-18-25)23-13-11-21(9-4-2)12-14-23/h15-21,23H,3-14H2,1-2H3. The van der Waals surface area contributed by atoms with Gasteiger partial charge in [-0.15, -0.1) is 0 Å². The van der Waals surface area contributed by atoms with E-state index in [1.54, 1.807) is 0 Å². The molecule has 1 aliphatic rings. The van der Waals surface area contributed by atoms with Crippen LogP contribution in [0.1, 0.15) is 102 Å². The second kappa shape index (κ2) is 11.3. The van der Waals surface area contributed by atoms with Gasteiger partial charge in [0.05, 0.1) is 0 Å². The lowest BCUT2D eigenvalue weighted by atomic mass is 9.77. The lowest BCUT2D eigenvalue weighted by Crippen LogP contribution is -2.13. The molecule has 0 bridgehead atoms. The van der Waals surface area contributed by atoms with Crippen LogP contribution in [0.25, 0.3) is 11.4 Å². The molecule has 0 amide bonds. The SMILES string of the molecule is CCCCCCCc1cnc(-c2ccc(C3CCC(CCC)CC3)cc2)nc1. The minimum absolute atomic E-state index is 0.748. The summed E-state index contributed by atoms with van der Waals surface area (Å²) in [6.45, 7) is 4.57. The maximum Gasteiger partial charge on any atom is 0.159 e. The highest BCUT2D eigenvalue weighted by Crippen LogP contribution is 2.37. The lowest BCUT2D eigenvalue weighted by molar-refractivity contribution is 0.308. The fraction of sp³-hybridized carbons (Fsp3) is 0.615. The summed E-state index contributed by atoms with van der Waals surface area (Å²) in [4.78, 5) is 9.25. The van der Waals surface area contributed by atoms with Gasteiger partial charge in [0.15, 0.2) is 5.82 Å². The van der Waals surface area contributed by atoms with E-state index in [4.69, 9.17) is 0 Å². The highest BCUT2D eigenvalue weighted by Gasteiger charge is 2.21. The van der Waals surface area contributed by atoms with Gasteiger partial charge in [0.25, 0.3) is 0 Å². The van der Waals surface area contributed by atoms with Gasteiger partial charge in [-0.3, -0.25) is 0 Å². The van der Waals surface area contributed by atoms with Crippen LogP contribution in [0.2, 0.25) is 0 Å². The van der Waals surface area contributed by atoms with Gasteiger partial charge < -0.3 is 0 Å². The predicted molar refractivity (Wildman–Crippen MR) is 120 cm³/mol. The smallest absolute Gasteiger partial charge is 0.159 e. The molecule has 1 aromatic heterocycles. The molecule has 1 heterocycles. The normalized spacial score (nSPS) is 19.6. The Morgan fingerprint density at radius 1 is 0.786 bits per heavy atom. The van der Waals surface area contributed by atoms with Gasteiger partial charge in [0.1, 0.15) is 0 Å². The summed E-state index contributed by atoms with van der Waals surface area (Å²) in [5, 5.41) is 0. The summed E-state index contributed by atoms with van der Waals surface area (Å²) in [6.07, 6.45) is 20.0. The molecule has 0 atom stereocenters. The lowest BCUT2D eigenvalue weighted by Gasteiger charge is -2.28. The second-order valence-corrected chi connectivity index (χ2v) is 8.71. The van der Waals surface area contributed by atoms with Crippen molar-refractivity contribution < 1.29 is 0 Å². The predicted octanol–water partition coefficient (Wildman–Crippen LogP) is 7.73. The molecule has 0 saturated heterocycles. The molecular weight excluding hydrogens is 340 g/mol. The molecule has 0 N–H and O–H groups in total. The number of aryl methyl sites for hydroxylation is 1. The van der Waals surface area contributed by atoms with Crippen LogP contribution in [0, 0.1) is 5.92 Å². The Morgan fingerprint density at radius 2 is 1.46 bits per heavy atom. The molecule has 1 aromatic carbocycles.